The summed E-state index contributed by atoms with van der Waals surface area (Å²) in [6.45, 7) is 0.514. The van der Waals surface area contributed by atoms with Gasteiger partial charge in [0.2, 0.25) is 0 Å². The molecule has 0 atom stereocenters. The fourth-order valence-electron chi connectivity index (χ4n) is 3.77. The van der Waals surface area contributed by atoms with Gasteiger partial charge in [-0.25, -0.2) is 0 Å². The van der Waals surface area contributed by atoms with Crippen molar-refractivity contribution >= 4 is 22.6 Å². The lowest BCUT2D eigenvalue weighted by atomic mass is 9.97. The molecule has 28 heavy (non-hydrogen) atoms. The monoisotopic (exact) mass is 367 g/mol. The smallest absolute Gasteiger partial charge is 0.186 e. The molecule has 0 saturated heterocycles. The van der Waals surface area contributed by atoms with E-state index in [9.17, 15) is 4.79 Å². The fourth-order valence-corrected chi connectivity index (χ4v) is 3.77. The summed E-state index contributed by atoms with van der Waals surface area (Å²) in [5, 5.41) is 10.9. The number of unbranched alkanes of at least 4 members (excludes halogenated alkanes) is 1. The van der Waals surface area contributed by atoms with Crippen molar-refractivity contribution in [3.8, 4) is 11.8 Å². The van der Waals surface area contributed by atoms with E-state index in [-0.39, 0.29) is 5.78 Å². The van der Waals surface area contributed by atoms with Crippen LogP contribution >= 0.6 is 0 Å². The number of ether oxygens (including phenoxy) is 1. The quantitative estimate of drug-likeness (QED) is 0.314. The van der Waals surface area contributed by atoms with Crippen molar-refractivity contribution in [2.24, 2.45) is 0 Å². The highest BCUT2D eigenvalue weighted by Gasteiger charge is 2.17. The minimum atomic E-state index is 0.0101. The molecule has 0 heterocycles. The normalized spacial score (nSPS) is 12.4. The molecule has 3 heteroatoms. The maximum atomic E-state index is 12.9. The van der Waals surface area contributed by atoms with Gasteiger partial charge in [-0.3, -0.25) is 4.79 Å². The lowest BCUT2D eigenvalue weighted by Crippen LogP contribution is -1.97. The number of nitriles is 1. The van der Waals surface area contributed by atoms with Crippen LogP contribution in [0.4, 0.5) is 0 Å². The molecular weight excluding hydrogens is 346 g/mol. The molecule has 0 spiro atoms. The third-order valence-corrected chi connectivity index (χ3v) is 5.13. The molecule has 3 aromatic carbocycles. The molecule has 0 N–H and O–H groups in total. The highest BCUT2D eigenvalue weighted by molar-refractivity contribution is 6.15. The van der Waals surface area contributed by atoms with Crippen molar-refractivity contribution in [1.82, 2.24) is 0 Å². The Morgan fingerprint density at radius 2 is 1.89 bits per heavy atom. The number of benzene rings is 3. The van der Waals surface area contributed by atoms with E-state index < -0.39 is 0 Å². The number of allylic oxidation sites excluding steroid dienone is 1. The Hall–Kier alpha value is -3.38. The number of hydrogen-bond acceptors (Lipinski definition) is 3. The minimum Gasteiger partial charge on any atom is -0.494 e. The van der Waals surface area contributed by atoms with Gasteiger partial charge in [-0.1, -0.05) is 48.5 Å². The van der Waals surface area contributed by atoms with Gasteiger partial charge < -0.3 is 4.74 Å². The Morgan fingerprint density at radius 3 is 2.75 bits per heavy atom. The van der Waals surface area contributed by atoms with Gasteiger partial charge in [-0.05, 0) is 64.9 Å². The van der Waals surface area contributed by atoms with Gasteiger partial charge >= 0.3 is 0 Å². The predicted octanol–water partition coefficient (Wildman–Crippen LogP) is 5.52. The van der Waals surface area contributed by atoms with Gasteiger partial charge in [0.1, 0.15) is 5.75 Å². The van der Waals surface area contributed by atoms with Crippen molar-refractivity contribution in [3.05, 3.63) is 82.9 Å². The van der Waals surface area contributed by atoms with Crippen molar-refractivity contribution in [3.63, 3.8) is 0 Å². The average molecular weight is 367 g/mol. The molecule has 3 aromatic rings. The predicted molar refractivity (Wildman–Crippen MR) is 112 cm³/mol. The highest BCUT2D eigenvalue weighted by Crippen LogP contribution is 2.33. The zero-order valence-electron chi connectivity index (χ0n) is 15.7. The van der Waals surface area contributed by atoms with E-state index >= 15 is 0 Å². The maximum Gasteiger partial charge on any atom is 0.186 e. The number of nitrogens with zero attached hydrogens (tertiary/aromatic N) is 1. The Bertz CT molecular complexity index is 1090. The Balaban J connectivity index is 1.53. The number of hydrogen-bond donors (Lipinski definition) is 0. The lowest BCUT2D eigenvalue weighted by molar-refractivity contribution is 0.104. The summed E-state index contributed by atoms with van der Waals surface area (Å²) in [6.07, 6.45) is 6.77. The van der Waals surface area contributed by atoms with E-state index in [4.69, 9.17) is 10.00 Å². The maximum absolute atomic E-state index is 12.9. The standard InChI is InChI=1S/C25H21NO2/c26-15-1-2-16-28-21-7-3-5-18(17-21)9-14-24(27)22-13-12-20-11-10-19-6-4-8-23(22)25(19)20/h3-9,12-14,17H,1-2,10-11,16H2/b14-9+. The van der Waals surface area contributed by atoms with Crippen LogP contribution in [-0.4, -0.2) is 12.4 Å². The third-order valence-electron chi connectivity index (χ3n) is 5.13. The van der Waals surface area contributed by atoms with Crippen LogP contribution in [0.3, 0.4) is 0 Å². The number of aryl methyl sites for hydroxylation is 2. The Kier molecular flexibility index (Phi) is 5.21. The summed E-state index contributed by atoms with van der Waals surface area (Å²) >= 11 is 0. The minimum absolute atomic E-state index is 0.0101. The van der Waals surface area contributed by atoms with E-state index in [1.54, 1.807) is 6.08 Å². The van der Waals surface area contributed by atoms with Gasteiger partial charge in [-0.2, -0.15) is 5.26 Å². The molecule has 138 valence electrons. The molecule has 4 rings (SSSR count). The summed E-state index contributed by atoms with van der Waals surface area (Å²) in [7, 11) is 0. The second kappa shape index (κ2) is 8.10. The zero-order chi connectivity index (χ0) is 19.3. The summed E-state index contributed by atoms with van der Waals surface area (Å²) in [6, 6.07) is 20.0. The third kappa shape index (κ3) is 3.68. The van der Waals surface area contributed by atoms with Crippen LogP contribution in [0.25, 0.3) is 16.8 Å². The number of carbonyl (C=O) groups is 1. The van der Waals surface area contributed by atoms with E-state index in [2.05, 4.69) is 18.2 Å². The van der Waals surface area contributed by atoms with Gasteiger partial charge in [0.25, 0.3) is 0 Å². The first-order valence-corrected chi connectivity index (χ1v) is 9.62. The molecule has 0 radical (unpaired) electrons. The van der Waals surface area contributed by atoms with Gasteiger partial charge in [0.15, 0.2) is 5.78 Å². The fraction of sp³-hybridized carbons (Fsp3) is 0.200. The van der Waals surface area contributed by atoms with Gasteiger partial charge in [0.05, 0.1) is 12.7 Å². The molecule has 3 nitrogen and oxygen atoms in total. The first-order chi connectivity index (χ1) is 13.8. The van der Waals surface area contributed by atoms with Crippen molar-refractivity contribution < 1.29 is 9.53 Å². The van der Waals surface area contributed by atoms with Crippen LogP contribution in [0, 0.1) is 11.3 Å². The topological polar surface area (TPSA) is 50.1 Å². The summed E-state index contributed by atoms with van der Waals surface area (Å²) < 4.78 is 5.66. The van der Waals surface area contributed by atoms with Crippen LogP contribution < -0.4 is 4.74 Å². The molecule has 0 unspecified atom stereocenters. The summed E-state index contributed by atoms with van der Waals surface area (Å²) in [5.41, 5.74) is 4.35. The van der Waals surface area contributed by atoms with Crippen LogP contribution in [0.5, 0.6) is 5.75 Å². The van der Waals surface area contributed by atoms with Gasteiger partial charge in [0, 0.05) is 12.0 Å². The lowest BCUT2D eigenvalue weighted by Gasteiger charge is -2.07. The van der Waals surface area contributed by atoms with Crippen LogP contribution in [0.2, 0.25) is 0 Å². The number of rotatable bonds is 7. The molecule has 0 aromatic heterocycles. The summed E-state index contributed by atoms with van der Waals surface area (Å²) in [5.74, 6) is 0.758. The molecule has 0 fully saturated rings. The first-order valence-electron chi connectivity index (χ1n) is 9.62. The Morgan fingerprint density at radius 1 is 1.07 bits per heavy atom. The van der Waals surface area contributed by atoms with Crippen LogP contribution in [0.1, 0.15) is 39.9 Å². The van der Waals surface area contributed by atoms with Gasteiger partial charge in [-0.15, -0.1) is 0 Å². The molecule has 0 aliphatic heterocycles. The number of ketones is 1. The summed E-state index contributed by atoms with van der Waals surface area (Å²) in [4.78, 5) is 12.9. The Labute approximate surface area is 164 Å². The highest BCUT2D eigenvalue weighted by atomic mass is 16.5. The van der Waals surface area contributed by atoms with E-state index in [0.717, 1.165) is 35.1 Å². The number of carbonyl (C=O) groups excluding carboxylic acids is 1. The average Bonchev–Trinajstić information content (AvgIpc) is 3.15. The van der Waals surface area contributed by atoms with Crippen LogP contribution in [-0.2, 0) is 12.8 Å². The van der Waals surface area contributed by atoms with E-state index in [1.165, 1.54) is 16.5 Å². The molecule has 1 aliphatic rings. The second-order valence-electron chi connectivity index (χ2n) is 6.99. The zero-order valence-corrected chi connectivity index (χ0v) is 15.7. The molecule has 0 bridgehead atoms. The largest absolute Gasteiger partial charge is 0.494 e. The second-order valence-corrected chi connectivity index (χ2v) is 6.99. The van der Waals surface area contributed by atoms with Crippen molar-refractivity contribution in [2.75, 3.05) is 6.61 Å². The van der Waals surface area contributed by atoms with Crippen molar-refractivity contribution in [1.29, 1.82) is 5.26 Å². The molecular formula is C25H21NO2. The molecule has 0 amide bonds. The molecule has 1 aliphatic carbocycles. The van der Waals surface area contributed by atoms with Crippen LogP contribution in [0.15, 0.2) is 60.7 Å². The van der Waals surface area contributed by atoms with Crippen molar-refractivity contribution in [2.45, 2.75) is 25.7 Å². The van der Waals surface area contributed by atoms with E-state index in [0.29, 0.717) is 19.4 Å². The molecule has 0 saturated carbocycles. The SMILES string of the molecule is N#CCCCOc1cccc(/C=C/C(=O)c2ccc3c4c(cccc24)CC3)c1. The van der Waals surface area contributed by atoms with E-state index in [1.807, 2.05) is 48.5 Å². The first kappa shape index (κ1) is 18.0.